The third-order valence-electron chi connectivity index (χ3n) is 10.3. The molecule has 9 heteroatoms. The van der Waals surface area contributed by atoms with Gasteiger partial charge in [0.15, 0.2) is 0 Å². The van der Waals surface area contributed by atoms with Gasteiger partial charge in [0.25, 0.3) is 10.1 Å². The van der Waals surface area contributed by atoms with E-state index in [0.29, 0.717) is 19.3 Å². The smallest absolute Gasteiger partial charge is 0.264 e. The largest absolute Gasteiger partial charge is 0.356 e. The standard InChI is InChI=1S/C24H29N.C16H13N.C8H16O4S.ClH2N/c1-4-6-18-24(3,5-2)23-21-15-11-10-12-19(21)16-17-22(23)25-20-13-8-7-9-14-20;1-2-8-15(9-3-1)17-16-11-10-13-6-4-5-7-14(13)12-16;1-7(8(2)9)5-3-4-6-13(10,11)12;1-2/h7-17,25H,4-6,18H2,1-3H3;1-12,17H;7H,3-6H2,1-2H3,(H,10,11,12);2H2/p+1. The molecule has 57 heavy (non-hydrogen) atoms. The fourth-order valence-corrected chi connectivity index (χ4v) is 7.32. The molecule has 0 amide bonds. The molecule has 6 aromatic rings. The summed E-state index contributed by atoms with van der Waals surface area (Å²) in [5.41, 5.74) is 6.60. The van der Waals surface area contributed by atoms with Gasteiger partial charge >= 0.3 is 0 Å². The summed E-state index contributed by atoms with van der Waals surface area (Å²) < 4.78 is 29.0. The van der Waals surface area contributed by atoms with Crippen LogP contribution in [0.2, 0.25) is 0 Å². The number of benzene rings is 6. The molecule has 0 heterocycles. The van der Waals surface area contributed by atoms with Crippen LogP contribution in [-0.4, -0.2) is 24.5 Å². The molecule has 6 rings (SSSR count). The quantitative estimate of drug-likeness (QED) is 0.0354. The van der Waals surface area contributed by atoms with Crippen molar-refractivity contribution in [1.82, 2.24) is 0 Å². The van der Waals surface area contributed by atoms with E-state index in [0.717, 1.165) is 17.8 Å². The number of nitrogens with one attached hydrogen (secondary N) is 1. The van der Waals surface area contributed by atoms with Crippen molar-refractivity contribution in [2.75, 3.05) is 11.1 Å². The highest BCUT2D eigenvalue weighted by Gasteiger charge is 2.30. The molecule has 0 saturated heterocycles. The Bertz CT molecular complexity index is 2200. The van der Waals surface area contributed by atoms with E-state index in [1.54, 1.807) is 0 Å². The average molecular weight is 812 g/mol. The Morgan fingerprint density at radius 3 is 1.95 bits per heavy atom. The third-order valence-corrected chi connectivity index (χ3v) is 11.1. The van der Waals surface area contributed by atoms with Crippen molar-refractivity contribution in [1.29, 1.82) is 0 Å². The lowest BCUT2D eigenvalue weighted by atomic mass is 9.73. The van der Waals surface area contributed by atoms with Crippen LogP contribution in [0.1, 0.15) is 85.1 Å². The number of hydrogen-bond acceptors (Lipinski definition) is 5. The maximum absolute atomic E-state index is 10.8. The van der Waals surface area contributed by atoms with Gasteiger partial charge in [0, 0.05) is 28.9 Å². The number of hydrogen-bond donors (Lipinski definition) is 4. The van der Waals surface area contributed by atoms with Crippen LogP contribution in [-0.2, 0) is 20.3 Å². The molecule has 0 aliphatic rings. The minimum Gasteiger partial charge on any atom is -0.356 e. The number of quaternary nitrogens is 1. The Labute approximate surface area is 345 Å². The van der Waals surface area contributed by atoms with E-state index in [4.69, 9.17) is 4.55 Å². The number of fused-ring (bicyclic) bond motifs is 2. The summed E-state index contributed by atoms with van der Waals surface area (Å²) in [5.74, 6) is -0.106. The van der Waals surface area contributed by atoms with Crippen LogP contribution in [0.15, 0.2) is 140 Å². The SMILES string of the molecule is CC(=O)C(C)CCCCS(=O)(=O)O.CCCCC(C)(CC)c1c([NH2+]c2ccccc2)ccc2ccccc12.NCl.c1ccc(Nc2ccc3ccccc3c2)cc1. The zero-order valence-corrected chi connectivity index (χ0v) is 35.7. The number of para-hydroxylation sites is 2. The van der Waals surface area contributed by atoms with Gasteiger partial charge in [-0.3, -0.25) is 14.7 Å². The fourth-order valence-electron chi connectivity index (χ4n) is 6.75. The van der Waals surface area contributed by atoms with E-state index in [9.17, 15) is 13.2 Å². The average Bonchev–Trinajstić information content (AvgIpc) is 3.23. The highest BCUT2D eigenvalue weighted by atomic mass is 35.5. The summed E-state index contributed by atoms with van der Waals surface area (Å²) in [4.78, 5) is 10.8. The van der Waals surface area contributed by atoms with E-state index in [1.807, 2.05) is 25.1 Å². The van der Waals surface area contributed by atoms with Gasteiger partial charge in [0.1, 0.15) is 17.2 Å². The monoisotopic (exact) mass is 810 g/mol. The molecule has 0 bridgehead atoms. The van der Waals surface area contributed by atoms with Crippen molar-refractivity contribution >= 4 is 72.0 Å². The topological polar surface area (TPSA) is 126 Å². The first-order valence-electron chi connectivity index (χ1n) is 19.8. The number of Topliss-reactive ketones (excluding diaryl/α,β-unsaturated/α-hetero) is 1. The first-order valence-corrected chi connectivity index (χ1v) is 21.9. The fraction of sp³-hybridized carbons (Fsp3) is 0.312. The number of carbonyl (C=O) groups is 1. The second-order valence-electron chi connectivity index (χ2n) is 14.7. The van der Waals surface area contributed by atoms with Gasteiger partial charge in [0.05, 0.1) is 5.75 Å². The van der Waals surface area contributed by atoms with Crippen LogP contribution in [0, 0.1) is 5.92 Å². The second-order valence-corrected chi connectivity index (χ2v) is 16.2. The van der Waals surface area contributed by atoms with Crippen LogP contribution in [0.5, 0.6) is 0 Å². The van der Waals surface area contributed by atoms with Crippen molar-refractivity contribution in [3.8, 4) is 0 Å². The van der Waals surface area contributed by atoms with Crippen LogP contribution >= 0.6 is 11.8 Å². The molecule has 0 aliphatic carbocycles. The van der Waals surface area contributed by atoms with Gasteiger partial charge in [-0.1, -0.05) is 138 Å². The number of unbranched alkanes of at least 4 members (excludes halogenated alkanes) is 2. The van der Waals surface area contributed by atoms with Crippen LogP contribution in [0.3, 0.4) is 0 Å². The molecule has 0 radical (unpaired) electrons. The summed E-state index contributed by atoms with van der Waals surface area (Å²) in [5, 5.41) is 15.0. The van der Waals surface area contributed by atoms with E-state index >= 15 is 0 Å². The molecule has 2 atom stereocenters. The molecule has 7 nitrogen and oxygen atoms in total. The zero-order valence-electron chi connectivity index (χ0n) is 34.1. The minimum atomic E-state index is -3.83. The predicted octanol–water partition coefficient (Wildman–Crippen LogP) is 12.2. The number of ketones is 1. The molecule has 6 aromatic carbocycles. The van der Waals surface area contributed by atoms with Gasteiger partial charge < -0.3 is 5.32 Å². The van der Waals surface area contributed by atoms with Crippen molar-refractivity contribution in [3.05, 3.63) is 145 Å². The first-order chi connectivity index (χ1) is 27.4. The molecule has 0 spiro atoms. The predicted molar refractivity (Wildman–Crippen MR) is 243 cm³/mol. The Hall–Kier alpha value is -4.57. The van der Waals surface area contributed by atoms with Gasteiger partial charge in [-0.25, -0.2) is 5.25 Å². The Morgan fingerprint density at radius 1 is 0.754 bits per heavy atom. The van der Waals surface area contributed by atoms with Gasteiger partial charge in [0.2, 0.25) is 0 Å². The maximum atomic E-state index is 10.8. The number of halogens is 1. The van der Waals surface area contributed by atoms with Crippen LogP contribution in [0.4, 0.5) is 22.7 Å². The van der Waals surface area contributed by atoms with Crippen molar-refractivity contribution in [2.24, 2.45) is 11.2 Å². The molecule has 0 saturated carbocycles. The molecule has 0 aliphatic heterocycles. The van der Waals surface area contributed by atoms with Crippen molar-refractivity contribution in [2.45, 2.75) is 85.0 Å². The Kier molecular flexibility index (Phi) is 19.9. The molecule has 6 N–H and O–H groups in total. The van der Waals surface area contributed by atoms with Gasteiger partial charge in [-0.05, 0) is 114 Å². The summed E-state index contributed by atoms with van der Waals surface area (Å²) >= 11 is 4.14. The lowest BCUT2D eigenvalue weighted by molar-refractivity contribution is -0.479. The minimum absolute atomic E-state index is 0.0126. The zero-order chi connectivity index (χ0) is 41.7. The maximum Gasteiger partial charge on any atom is 0.264 e. The summed E-state index contributed by atoms with van der Waals surface area (Å²) in [6.07, 6.45) is 6.68. The summed E-state index contributed by atoms with van der Waals surface area (Å²) in [6, 6.07) is 49.1. The van der Waals surface area contributed by atoms with Crippen molar-refractivity contribution < 1.29 is 23.1 Å². The van der Waals surface area contributed by atoms with Crippen LogP contribution < -0.4 is 15.9 Å². The number of carbonyl (C=O) groups excluding carboxylic acids is 1. The van der Waals surface area contributed by atoms with E-state index in [2.05, 4.69) is 170 Å². The molecular formula is C48H61ClN3O4S+. The number of nitrogens with two attached hydrogens (primary N) is 2. The van der Waals surface area contributed by atoms with Gasteiger partial charge in [-0.2, -0.15) is 8.42 Å². The first kappa shape index (κ1) is 46.8. The van der Waals surface area contributed by atoms with E-state index in [1.165, 1.54) is 64.7 Å². The molecular weight excluding hydrogens is 750 g/mol. The number of anilines is 2. The van der Waals surface area contributed by atoms with Crippen LogP contribution in [0.25, 0.3) is 21.5 Å². The second kappa shape index (κ2) is 24.3. The summed E-state index contributed by atoms with van der Waals surface area (Å²) in [7, 11) is -3.83. The van der Waals surface area contributed by atoms with E-state index < -0.39 is 10.1 Å². The summed E-state index contributed by atoms with van der Waals surface area (Å²) in [6.45, 7) is 10.4. The lowest BCUT2D eigenvalue weighted by Gasteiger charge is -2.31. The van der Waals surface area contributed by atoms with E-state index in [-0.39, 0.29) is 22.9 Å². The third kappa shape index (κ3) is 15.7. The highest BCUT2D eigenvalue weighted by molar-refractivity contribution is 7.85. The molecule has 0 aromatic heterocycles. The van der Waals surface area contributed by atoms with Crippen molar-refractivity contribution in [3.63, 3.8) is 0 Å². The Balaban J connectivity index is 0.000000237. The Morgan fingerprint density at radius 2 is 1.33 bits per heavy atom. The molecule has 0 fully saturated rings. The highest BCUT2D eigenvalue weighted by Crippen LogP contribution is 2.40. The van der Waals surface area contributed by atoms with Gasteiger partial charge in [-0.15, -0.1) is 0 Å². The lowest BCUT2D eigenvalue weighted by Crippen LogP contribution is -2.71. The number of rotatable bonds is 15. The normalized spacial score (nSPS) is 12.4. The molecule has 2 unspecified atom stereocenters. The molecule has 304 valence electrons.